The number of halogens is 2. The van der Waals surface area contributed by atoms with E-state index in [2.05, 4.69) is 15.5 Å². The predicted octanol–water partition coefficient (Wildman–Crippen LogP) is 3.79. The fourth-order valence-corrected chi connectivity index (χ4v) is 4.94. The minimum absolute atomic E-state index is 0.115. The molecule has 5 rings (SSSR count). The number of hydrogen-bond donors (Lipinski definition) is 2. The number of piperidine rings is 1. The number of carbonyl (C=O) groups excluding carboxylic acids is 1. The summed E-state index contributed by atoms with van der Waals surface area (Å²) >= 11 is 6.03. The Hall–Kier alpha value is -2.15. The van der Waals surface area contributed by atoms with Crippen LogP contribution in [0.15, 0.2) is 42.5 Å². The van der Waals surface area contributed by atoms with E-state index in [-0.39, 0.29) is 17.3 Å². The molecule has 0 radical (unpaired) electrons. The van der Waals surface area contributed by atoms with Gasteiger partial charge in [-0.3, -0.25) is 9.69 Å². The molecule has 2 aromatic carbocycles. The molecule has 2 fully saturated rings. The van der Waals surface area contributed by atoms with Crippen LogP contribution in [0.5, 0.6) is 0 Å². The quantitative estimate of drug-likeness (QED) is 0.783. The van der Waals surface area contributed by atoms with Crippen LogP contribution in [0, 0.1) is 5.82 Å². The van der Waals surface area contributed by atoms with E-state index in [9.17, 15) is 9.18 Å². The molecule has 7 heteroatoms. The van der Waals surface area contributed by atoms with Gasteiger partial charge >= 0.3 is 0 Å². The van der Waals surface area contributed by atoms with Gasteiger partial charge in [0, 0.05) is 36.8 Å². The second-order valence-corrected chi connectivity index (χ2v) is 8.84. The summed E-state index contributed by atoms with van der Waals surface area (Å²) in [6.07, 6.45) is 2.54. The van der Waals surface area contributed by atoms with Gasteiger partial charge in [0.05, 0.1) is 17.8 Å². The lowest BCUT2D eigenvalue weighted by atomic mass is 9.84. The molecule has 2 spiro atoms. The molecule has 3 aliphatic rings. The Bertz CT molecular complexity index is 944. The first-order valence-electron chi connectivity index (χ1n) is 9.95. The molecule has 0 aromatic heterocycles. The summed E-state index contributed by atoms with van der Waals surface area (Å²) in [5, 5.41) is 7.16. The normalized spacial score (nSPS) is 25.7. The van der Waals surface area contributed by atoms with Crippen molar-refractivity contribution in [2.45, 2.75) is 37.1 Å². The molecule has 152 valence electrons. The van der Waals surface area contributed by atoms with Gasteiger partial charge in [0.25, 0.3) is 5.91 Å². The van der Waals surface area contributed by atoms with Crippen LogP contribution < -0.4 is 10.6 Å². The van der Waals surface area contributed by atoms with E-state index in [4.69, 9.17) is 16.3 Å². The molecule has 1 amide bonds. The highest BCUT2D eigenvalue weighted by atomic mass is 35.5. The number of nitrogens with one attached hydrogen (secondary N) is 2. The highest BCUT2D eigenvalue weighted by Gasteiger charge is 2.53. The first kappa shape index (κ1) is 18.9. The maximum atomic E-state index is 13.1. The van der Waals surface area contributed by atoms with Crippen molar-refractivity contribution in [3.05, 3.63) is 64.4 Å². The van der Waals surface area contributed by atoms with Crippen molar-refractivity contribution < 1.29 is 13.9 Å². The second kappa shape index (κ2) is 6.97. The third-order valence-electron chi connectivity index (χ3n) is 6.29. The summed E-state index contributed by atoms with van der Waals surface area (Å²) in [6, 6.07) is 12.0. The molecular weight excluding hydrogens is 393 g/mol. The minimum Gasteiger partial charge on any atom is -0.370 e. The largest absolute Gasteiger partial charge is 0.370 e. The topological polar surface area (TPSA) is 53.6 Å². The number of anilines is 1. The molecule has 2 aromatic rings. The molecule has 3 heterocycles. The van der Waals surface area contributed by atoms with Crippen LogP contribution in [-0.4, -0.2) is 41.8 Å². The summed E-state index contributed by atoms with van der Waals surface area (Å²) < 4.78 is 19.4. The molecule has 5 nitrogen and oxygen atoms in total. The van der Waals surface area contributed by atoms with Crippen LogP contribution in [0.3, 0.4) is 0 Å². The highest BCUT2D eigenvalue weighted by molar-refractivity contribution is 6.31. The van der Waals surface area contributed by atoms with Crippen LogP contribution in [0.1, 0.15) is 35.2 Å². The van der Waals surface area contributed by atoms with E-state index < -0.39 is 5.66 Å². The molecule has 2 saturated heterocycles. The number of amides is 1. The van der Waals surface area contributed by atoms with Crippen LogP contribution in [-0.2, 0) is 11.3 Å². The Morgan fingerprint density at radius 2 is 1.86 bits per heavy atom. The zero-order valence-corrected chi connectivity index (χ0v) is 16.8. The summed E-state index contributed by atoms with van der Waals surface area (Å²) in [6.45, 7) is 3.07. The average Bonchev–Trinajstić information content (AvgIpc) is 3.04. The first-order chi connectivity index (χ1) is 13.9. The molecule has 0 bridgehead atoms. The number of carbonyl (C=O) groups is 1. The Labute approximate surface area is 174 Å². The van der Waals surface area contributed by atoms with E-state index in [1.165, 1.54) is 12.1 Å². The Morgan fingerprint density at radius 3 is 2.62 bits per heavy atom. The fraction of sp³-hybridized carbons (Fsp3) is 0.409. The van der Waals surface area contributed by atoms with Gasteiger partial charge in [-0.05, 0) is 48.7 Å². The van der Waals surface area contributed by atoms with Crippen molar-refractivity contribution in [1.82, 2.24) is 10.2 Å². The van der Waals surface area contributed by atoms with E-state index in [0.29, 0.717) is 17.2 Å². The second-order valence-electron chi connectivity index (χ2n) is 8.40. The van der Waals surface area contributed by atoms with Crippen molar-refractivity contribution >= 4 is 23.2 Å². The molecule has 2 N–H and O–H groups in total. The van der Waals surface area contributed by atoms with Crippen LogP contribution in [0.25, 0.3) is 0 Å². The number of hydrogen-bond acceptors (Lipinski definition) is 4. The van der Waals surface area contributed by atoms with Gasteiger partial charge in [-0.15, -0.1) is 0 Å². The Morgan fingerprint density at radius 1 is 1.10 bits per heavy atom. The number of ether oxygens (including phenoxy) is 1. The number of nitrogens with zero attached hydrogens (tertiary/aromatic N) is 1. The van der Waals surface area contributed by atoms with Gasteiger partial charge < -0.3 is 15.4 Å². The Balaban J connectivity index is 1.25. The lowest BCUT2D eigenvalue weighted by Gasteiger charge is -2.41. The zero-order valence-electron chi connectivity index (χ0n) is 16.0. The van der Waals surface area contributed by atoms with Crippen molar-refractivity contribution in [2.24, 2.45) is 0 Å². The molecule has 3 aliphatic heterocycles. The highest BCUT2D eigenvalue weighted by Crippen LogP contribution is 2.43. The molecule has 29 heavy (non-hydrogen) atoms. The smallest absolute Gasteiger partial charge is 0.255 e. The monoisotopic (exact) mass is 415 g/mol. The van der Waals surface area contributed by atoms with E-state index >= 15 is 0 Å². The minimum atomic E-state index is -0.572. The maximum absolute atomic E-state index is 13.1. The van der Waals surface area contributed by atoms with Gasteiger partial charge in [0.2, 0.25) is 0 Å². The standard InChI is InChI=1S/C22H23ClFN3O2/c23-16-3-6-19-18(11-16)20(28)26-22(25-19)13-21(29-14-22)7-9-27(10-8-21)12-15-1-4-17(24)5-2-15/h1-6,11,25H,7-10,12-14H2,(H,26,28)/t22-/m0/s1. The fourth-order valence-electron chi connectivity index (χ4n) is 4.76. The number of likely N-dealkylation sites (tertiary alicyclic amines) is 1. The maximum Gasteiger partial charge on any atom is 0.255 e. The van der Waals surface area contributed by atoms with Gasteiger partial charge in [-0.1, -0.05) is 23.7 Å². The van der Waals surface area contributed by atoms with Gasteiger partial charge in [-0.2, -0.15) is 0 Å². The third-order valence-corrected chi connectivity index (χ3v) is 6.52. The van der Waals surface area contributed by atoms with Crippen molar-refractivity contribution in [2.75, 3.05) is 25.0 Å². The summed E-state index contributed by atoms with van der Waals surface area (Å²) in [4.78, 5) is 15.0. The number of benzene rings is 2. The molecule has 0 saturated carbocycles. The predicted molar refractivity (Wildman–Crippen MR) is 109 cm³/mol. The molecule has 1 atom stereocenters. The molecule has 0 aliphatic carbocycles. The first-order valence-corrected chi connectivity index (χ1v) is 10.3. The number of rotatable bonds is 2. The Kier molecular flexibility index (Phi) is 4.53. The summed E-state index contributed by atoms with van der Waals surface area (Å²) in [5.41, 5.74) is 1.67. The van der Waals surface area contributed by atoms with Crippen LogP contribution in [0.2, 0.25) is 5.02 Å². The van der Waals surface area contributed by atoms with Gasteiger partial charge in [0.15, 0.2) is 0 Å². The SMILES string of the molecule is O=C1N[C@@]2(COC3(CCN(Cc4ccc(F)cc4)CC3)C2)Nc2ccc(Cl)cc21. The van der Waals surface area contributed by atoms with Crippen LogP contribution >= 0.6 is 11.6 Å². The molecular formula is C22H23ClFN3O2. The zero-order chi connectivity index (χ0) is 20.1. The third kappa shape index (κ3) is 3.61. The van der Waals surface area contributed by atoms with E-state index in [0.717, 1.165) is 50.1 Å². The summed E-state index contributed by atoms with van der Waals surface area (Å²) in [7, 11) is 0. The lowest BCUT2D eigenvalue weighted by Crippen LogP contribution is -2.59. The van der Waals surface area contributed by atoms with E-state index in [1.54, 1.807) is 12.1 Å². The van der Waals surface area contributed by atoms with Gasteiger partial charge in [-0.25, -0.2) is 4.39 Å². The van der Waals surface area contributed by atoms with Crippen molar-refractivity contribution in [3.63, 3.8) is 0 Å². The molecule has 0 unspecified atom stereocenters. The van der Waals surface area contributed by atoms with Crippen molar-refractivity contribution in [1.29, 1.82) is 0 Å². The van der Waals surface area contributed by atoms with E-state index in [1.807, 2.05) is 18.2 Å². The number of fused-ring (bicyclic) bond motifs is 1. The van der Waals surface area contributed by atoms with Crippen molar-refractivity contribution in [3.8, 4) is 0 Å². The van der Waals surface area contributed by atoms with Gasteiger partial charge in [0.1, 0.15) is 11.5 Å². The lowest BCUT2D eigenvalue weighted by molar-refractivity contribution is -0.0452. The summed E-state index contributed by atoms with van der Waals surface area (Å²) in [5.74, 6) is -0.322. The average molecular weight is 416 g/mol. The van der Waals surface area contributed by atoms with Crippen LogP contribution in [0.4, 0.5) is 10.1 Å².